The molecule has 0 saturated heterocycles. The molecule has 0 spiro atoms. The van der Waals surface area contributed by atoms with E-state index in [0.717, 1.165) is 25.7 Å². The lowest BCUT2D eigenvalue weighted by atomic mass is 10.2. The number of rotatable bonds is 4. The van der Waals surface area contributed by atoms with E-state index in [1.54, 1.807) is 13.0 Å². The predicted octanol–water partition coefficient (Wildman–Crippen LogP) is 2.88. The van der Waals surface area contributed by atoms with E-state index in [-0.39, 0.29) is 10.9 Å². The number of sulfonamides is 1. The van der Waals surface area contributed by atoms with Gasteiger partial charge in [0.15, 0.2) is 0 Å². The summed E-state index contributed by atoms with van der Waals surface area (Å²) in [7, 11) is -2.01. The first-order valence-electron chi connectivity index (χ1n) is 6.30. The van der Waals surface area contributed by atoms with Gasteiger partial charge < -0.3 is 4.74 Å². The van der Waals surface area contributed by atoms with Gasteiger partial charge in [0.25, 0.3) is 0 Å². The number of ether oxygens (including phenoxy) is 1. The Hall–Kier alpha value is -0.780. The molecule has 1 aliphatic carbocycles. The highest BCUT2D eigenvalue weighted by atomic mass is 35.5. The number of benzene rings is 1. The van der Waals surface area contributed by atoms with Crippen molar-refractivity contribution in [2.75, 3.05) is 7.11 Å². The minimum absolute atomic E-state index is 0.0466. The third-order valence-electron chi connectivity index (χ3n) is 3.42. The fourth-order valence-electron chi connectivity index (χ4n) is 2.41. The van der Waals surface area contributed by atoms with Crippen LogP contribution in [0.2, 0.25) is 5.02 Å². The first kappa shape index (κ1) is 14.6. The van der Waals surface area contributed by atoms with E-state index >= 15 is 0 Å². The van der Waals surface area contributed by atoms with Gasteiger partial charge in [-0.3, -0.25) is 0 Å². The van der Waals surface area contributed by atoms with E-state index in [9.17, 15) is 8.42 Å². The van der Waals surface area contributed by atoms with E-state index in [0.29, 0.717) is 16.3 Å². The van der Waals surface area contributed by atoms with Crippen LogP contribution in [-0.2, 0) is 10.0 Å². The predicted molar refractivity (Wildman–Crippen MR) is 75.3 cm³/mol. The summed E-state index contributed by atoms with van der Waals surface area (Å²) >= 11 is 6.01. The maximum Gasteiger partial charge on any atom is 0.241 e. The second-order valence-corrected chi connectivity index (χ2v) is 6.94. The lowest BCUT2D eigenvalue weighted by Crippen LogP contribution is -2.33. The molecule has 0 unspecified atom stereocenters. The largest absolute Gasteiger partial charge is 0.495 e. The van der Waals surface area contributed by atoms with Gasteiger partial charge in [-0.15, -0.1) is 0 Å². The molecular formula is C13H18ClNO3S. The van der Waals surface area contributed by atoms with Crippen molar-refractivity contribution >= 4 is 21.6 Å². The molecule has 4 nitrogen and oxygen atoms in total. The second kappa shape index (κ2) is 5.69. The van der Waals surface area contributed by atoms with Gasteiger partial charge in [-0.25, -0.2) is 13.1 Å². The van der Waals surface area contributed by atoms with Gasteiger partial charge in [0.05, 0.1) is 17.0 Å². The van der Waals surface area contributed by atoms with E-state index in [2.05, 4.69) is 4.72 Å². The summed E-state index contributed by atoms with van der Waals surface area (Å²) in [6, 6.07) is 3.14. The van der Waals surface area contributed by atoms with Crippen LogP contribution in [0.1, 0.15) is 31.2 Å². The summed E-state index contributed by atoms with van der Waals surface area (Å²) < 4.78 is 32.5. The van der Waals surface area contributed by atoms with Crippen LogP contribution in [-0.4, -0.2) is 21.6 Å². The molecule has 6 heteroatoms. The number of nitrogens with one attached hydrogen (secondary N) is 1. The van der Waals surface area contributed by atoms with Gasteiger partial charge in [-0.05, 0) is 37.5 Å². The van der Waals surface area contributed by atoms with Crippen molar-refractivity contribution in [1.29, 1.82) is 0 Å². The number of hydrogen-bond acceptors (Lipinski definition) is 3. The fourth-order valence-corrected chi connectivity index (χ4v) is 4.27. The van der Waals surface area contributed by atoms with Crippen LogP contribution in [0.5, 0.6) is 5.75 Å². The third-order valence-corrected chi connectivity index (χ3v) is 5.37. The zero-order valence-corrected chi connectivity index (χ0v) is 12.6. The van der Waals surface area contributed by atoms with Crippen molar-refractivity contribution < 1.29 is 13.2 Å². The Kier molecular flexibility index (Phi) is 4.38. The molecule has 1 aromatic rings. The van der Waals surface area contributed by atoms with Crippen LogP contribution in [0.4, 0.5) is 0 Å². The zero-order chi connectivity index (χ0) is 14.0. The Morgan fingerprint density at radius 1 is 1.32 bits per heavy atom. The summed E-state index contributed by atoms with van der Waals surface area (Å²) in [5.74, 6) is 0.485. The highest BCUT2D eigenvalue weighted by Gasteiger charge is 2.25. The Morgan fingerprint density at radius 2 is 1.95 bits per heavy atom. The van der Waals surface area contributed by atoms with Crippen molar-refractivity contribution in [3.63, 3.8) is 0 Å². The molecule has 2 rings (SSSR count). The molecule has 19 heavy (non-hydrogen) atoms. The molecule has 1 saturated carbocycles. The van der Waals surface area contributed by atoms with E-state index in [1.165, 1.54) is 13.2 Å². The summed E-state index contributed by atoms with van der Waals surface area (Å²) in [5.41, 5.74) is 0.631. The number of hydrogen-bond donors (Lipinski definition) is 1. The number of methoxy groups -OCH3 is 1. The van der Waals surface area contributed by atoms with Crippen molar-refractivity contribution in [2.24, 2.45) is 0 Å². The molecule has 1 aliphatic rings. The summed E-state index contributed by atoms with van der Waals surface area (Å²) in [6.07, 6.45) is 3.97. The SMILES string of the molecule is COc1cc(C)c(S(=O)(=O)NC2CCCC2)cc1Cl. The average molecular weight is 304 g/mol. The molecule has 0 heterocycles. The van der Waals surface area contributed by atoms with E-state index in [4.69, 9.17) is 16.3 Å². The molecule has 1 fully saturated rings. The zero-order valence-electron chi connectivity index (χ0n) is 11.1. The Balaban J connectivity index is 2.31. The molecule has 1 N–H and O–H groups in total. The van der Waals surface area contributed by atoms with Crippen LogP contribution in [0.25, 0.3) is 0 Å². The Morgan fingerprint density at radius 3 is 2.53 bits per heavy atom. The standard InChI is InChI=1S/C13H18ClNO3S/c1-9-7-12(18-2)11(14)8-13(9)19(16,17)15-10-5-3-4-6-10/h7-8,10,15H,3-6H2,1-2H3. The highest BCUT2D eigenvalue weighted by molar-refractivity contribution is 7.89. The maximum absolute atomic E-state index is 12.4. The van der Waals surface area contributed by atoms with Crippen LogP contribution in [0.3, 0.4) is 0 Å². The molecular weight excluding hydrogens is 286 g/mol. The van der Waals surface area contributed by atoms with Crippen molar-refractivity contribution in [3.8, 4) is 5.75 Å². The van der Waals surface area contributed by atoms with Crippen LogP contribution < -0.4 is 9.46 Å². The molecule has 0 aromatic heterocycles. The fraction of sp³-hybridized carbons (Fsp3) is 0.538. The van der Waals surface area contributed by atoms with Gasteiger partial charge >= 0.3 is 0 Å². The van der Waals surface area contributed by atoms with Gasteiger partial charge in [-0.2, -0.15) is 0 Å². The normalized spacial score (nSPS) is 16.8. The monoisotopic (exact) mass is 303 g/mol. The van der Waals surface area contributed by atoms with E-state index in [1.807, 2.05) is 0 Å². The van der Waals surface area contributed by atoms with Gasteiger partial charge in [-0.1, -0.05) is 24.4 Å². The van der Waals surface area contributed by atoms with Crippen LogP contribution in [0, 0.1) is 6.92 Å². The van der Waals surface area contributed by atoms with Crippen LogP contribution >= 0.6 is 11.6 Å². The number of aryl methyl sites for hydroxylation is 1. The molecule has 0 bridgehead atoms. The maximum atomic E-state index is 12.4. The average Bonchev–Trinajstić information content (AvgIpc) is 2.83. The highest BCUT2D eigenvalue weighted by Crippen LogP contribution is 2.30. The minimum atomic E-state index is -3.51. The summed E-state index contributed by atoms with van der Waals surface area (Å²) in [5, 5.41) is 0.305. The molecule has 106 valence electrons. The molecule has 0 aliphatic heterocycles. The topological polar surface area (TPSA) is 55.4 Å². The van der Waals surface area contributed by atoms with Gasteiger partial charge in [0, 0.05) is 6.04 Å². The smallest absolute Gasteiger partial charge is 0.241 e. The quantitative estimate of drug-likeness (QED) is 0.930. The minimum Gasteiger partial charge on any atom is -0.495 e. The van der Waals surface area contributed by atoms with Crippen molar-refractivity contribution in [2.45, 2.75) is 43.5 Å². The number of halogens is 1. The Bertz CT molecular complexity index is 565. The van der Waals surface area contributed by atoms with Crippen molar-refractivity contribution in [3.05, 3.63) is 22.7 Å². The molecule has 1 aromatic carbocycles. The van der Waals surface area contributed by atoms with Gasteiger partial charge in [0.2, 0.25) is 10.0 Å². The lowest BCUT2D eigenvalue weighted by Gasteiger charge is -2.15. The van der Waals surface area contributed by atoms with Crippen LogP contribution in [0.15, 0.2) is 17.0 Å². The van der Waals surface area contributed by atoms with Crippen molar-refractivity contribution in [1.82, 2.24) is 4.72 Å². The van der Waals surface area contributed by atoms with Gasteiger partial charge in [0.1, 0.15) is 5.75 Å². The molecule has 0 atom stereocenters. The lowest BCUT2D eigenvalue weighted by molar-refractivity contribution is 0.414. The molecule has 0 radical (unpaired) electrons. The van der Waals surface area contributed by atoms with E-state index < -0.39 is 10.0 Å². The first-order valence-corrected chi connectivity index (χ1v) is 8.16. The summed E-state index contributed by atoms with van der Waals surface area (Å²) in [6.45, 7) is 1.74. The second-order valence-electron chi connectivity index (χ2n) is 4.85. The molecule has 0 amide bonds. The summed E-state index contributed by atoms with van der Waals surface area (Å²) in [4.78, 5) is 0.227. The third kappa shape index (κ3) is 3.22. The Labute approximate surface area is 119 Å². The first-order chi connectivity index (χ1) is 8.94.